The first kappa shape index (κ1) is 17.3. The van der Waals surface area contributed by atoms with Gasteiger partial charge < -0.3 is 14.7 Å². The van der Waals surface area contributed by atoms with Crippen molar-refractivity contribution in [1.29, 1.82) is 0 Å². The normalized spacial score (nSPS) is 11.4. The summed E-state index contributed by atoms with van der Waals surface area (Å²) >= 11 is 0. The van der Waals surface area contributed by atoms with Gasteiger partial charge in [-0.1, -0.05) is 36.4 Å². The van der Waals surface area contributed by atoms with E-state index in [1.807, 2.05) is 73.1 Å². The third-order valence-electron chi connectivity index (χ3n) is 5.50. The molecule has 5 rings (SSSR count). The number of aromatic amines is 2. The molecule has 5 aromatic rings. The predicted octanol–water partition coefficient (Wildman–Crippen LogP) is 5.67. The Hall–Kier alpha value is -3.79. The standard InChI is InChI=1S/C25H20N2O2/c1-29-17-12-10-16(11-13-17)25(28)24(20-14-26-22-8-4-2-6-18(20)22)21-15-27-23-9-5-3-7-19(21)23/h2-15,24,26-27H,1H3. The predicted molar refractivity (Wildman–Crippen MR) is 116 cm³/mol. The molecule has 3 aromatic carbocycles. The van der Waals surface area contributed by atoms with Crippen LogP contribution in [0.5, 0.6) is 5.75 Å². The van der Waals surface area contributed by atoms with E-state index in [-0.39, 0.29) is 5.78 Å². The van der Waals surface area contributed by atoms with Crippen LogP contribution in [0.4, 0.5) is 0 Å². The first-order chi connectivity index (χ1) is 14.3. The Morgan fingerprint density at radius 3 is 1.79 bits per heavy atom. The van der Waals surface area contributed by atoms with Gasteiger partial charge in [0, 0.05) is 39.8 Å². The molecule has 0 aliphatic rings. The average molecular weight is 380 g/mol. The van der Waals surface area contributed by atoms with Crippen LogP contribution >= 0.6 is 0 Å². The van der Waals surface area contributed by atoms with Crippen molar-refractivity contribution in [2.24, 2.45) is 0 Å². The van der Waals surface area contributed by atoms with E-state index in [1.165, 1.54) is 0 Å². The second-order valence-corrected chi connectivity index (χ2v) is 7.10. The molecule has 2 heterocycles. The number of carbonyl (C=O) groups is 1. The number of Topliss-reactive ketones (excluding diaryl/α,β-unsaturated/α-hetero) is 1. The lowest BCUT2D eigenvalue weighted by Gasteiger charge is -2.16. The number of para-hydroxylation sites is 2. The highest BCUT2D eigenvalue weighted by Gasteiger charge is 2.28. The van der Waals surface area contributed by atoms with Gasteiger partial charge >= 0.3 is 0 Å². The van der Waals surface area contributed by atoms with E-state index in [1.54, 1.807) is 7.11 Å². The van der Waals surface area contributed by atoms with E-state index in [4.69, 9.17) is 4.74 Å². The molecule has 0 aliphatic heterocycles. The average Bonchev–Trinajstić information content (AvgIpc) is 3.39. The largest absolute Gasteiger partial charge is 0.497 e. The molecule has 0 atom stereocenters. The summed E-state index contributed by atoms with van der Waals surface area (Å²) in [6.45, 7) is 0. The van der Waals surface area contributed by atoms with Crippen molar-refractivity contribution in [3.8, 4) is 5.75 Å². The number of fused-ring (bicyclic) bond motifs is 2. The molecule has 0 bridgehead atoms. The number of carbonyl (C=O) groups excluding carboxylic acids is 1. The van der Waals surface area contributed by atoms with E-state index in [0.29, 0.717) is 5.56 Å². The van der Waals surface area contributed by atoms with Crippen molar-refractivity contribution in [3.05, 3.63) is 102 Å². The van der Waals surface area contributed by atoms with Gasteiger partial charge in [-0.25, -0.2) is 0 Å². The zero-order valence-electron chi connectivity index (χ0n) is 16.0. The summed E-state index contributed by atoms with van der Waals surface area (Å²) in [6, 6.07) is 23.5. The van der Waals surface area contributed by atoms with Gasteiger partial charge in [0.25, 0.3) is 0 Å². The van der Waals surface area contributed by atoms with Crippen LogP contribution in [-0.2, 0) is 0 Å². The molecule has 0 amide bonds. The number of hydrogen-bond donors (Lipinski definition) is 2. The molecule has 0 saturated heterocycles. The van der Waals surface area contributed by atoms with Crippen molar-refractivity contribution >= 4 is 27.6 Å². The zero-order chi connectivity index (χ0) is 19.8. The van der Waals surface area contributed by atoms with Crippen molar-refractivity contribution in [2.45, 2.75) is 5.92 Å². The zero-order valence-corrected chi connectivity index (χ0v) is 16.0. The lowest BCUT2D eigenvalue weighted by molar-refractivity contribution is 0.0974. The van der Waals surface area contributed by atoms with Gasteiger partial charge in [0.15, 0.2) is 5.78 Å². The molecular formula is C25H20N2O2. The van der Waals surface area contributed by atoms with Crippen LogP contribution in [-0.4, -0.2) is 22.9 Å². The van der Waals surface area contributed by atoms with E-state index in [2.05, 4.69) is 22.1 Å². The van der Waals surface area contributed by atoms with E-state index < -0.39 is 5.92 Å². The van der Waals surface area contributed by atoms with Gasteiger partial charge in [-0.3, -0.25) is 4.79 Å². The summed E-state index contributed by atoms with van der Waals surface area (Å²) in [6.07, 6.45) is 3.91. The van der Waals surface area contributed by atoms with Crippen LogP contribution in [0.15, 0.2) is 85.2 Å². The number of methoxy groups -OCH3 is 1. The highest BCUT2D eigenvalue weighted by Crippen LogP contribution is 2.37. The van der Waals surface area contributed by atoms with E-state index in [0.717, 1.165) is 38.7 Å². The highest BCUT2D eigenvalue weighted by molar-refractivity contribution is 6.07. The Morgan fingerprint density at radius 1 is 0.759 bits per heavy atom. The molecule has 2 N–H and O–H groups in total. The molecule has 0 fully saturated rings. The van der Waals surface area contributed by atoms with Crippen LogP contribution in [0, 0.1) is 0 Å². The fraction of sp³-hybridized carbons (Fsp3) is 0.0800. The van der Waals surface area contributed by atoms with Crippen molar-refractivity contribution in [2.75, 3.05) is 7.11 Å². The Balaban J connectivity index is 1.71. The van der Waals surface area contributed by atoms with Gasteiger partial charge in [0.05, 0.1) is 13.0 Å². The van der Waals surface area contributed by atoms with Crippen LogP contribution in [0.2, 0.25) is 0 Å². The van der Waals surface area contributed by atoms with Crippen LogP contribution < -0.4 is 4.74 Å². The second kappa shape index (κ2) is 6.99. The Kier molecular flexibility index (Phi) is 4.17. The molecule has 29 heavy (non-hydrogen) atoms. The summed E-state index contributed by atoms with van der Waals surface area (Å²) in [4.78, 5) is 20.4. The van der Waals surface area contributed by atoms with Gasteiger partial charge in [-0.05, 0) is 47.5 Å². The van der Waals surface area contributed by atoms with Crippen LogP contribution in [0.3, 0.4) is 0 Å². The van der Waals surface area contributed by atoms with Gasteiger partial charge in [-0.2, -0.15) is 0 Å². The lowest BCUT2D eigenvalue weighted by atomic mass is 9.84. The van der Waals surface area contributed by atoms with Gasteiger partial charge in [0.1, 0.15) is 5.75 Å². The maximum atomic E-state index is 13.8. The number of ketones is 1. The number of H-pyrrole nitrogens is 2. The molecule has 0 unspecified atom stereocenters. The van der Waals surface area contributed by atoms with Crippen molar-refractivity contribution in [3.63, 3.8) is 0 Å². The molecule has 4 heteroatoms. The van der Waals surface area contributed by atoms with Gasteiger partial charge in [0.2, 0.25) is 0 Å². The minimum absolute atomic E-state index is 0.0576. The summed E-state index contributed by atoms with van der Waals surface area (Å²) in [5.74, 6) is 0.371. The maximum Gasteiger partial charge on any atom is 0.174 e. The van der Waals surface area contributed by atoms with Crippen molar-refractivity contribution < 1.29 is 9.53 Å². The lowest BCUT2D eigenvalue weighted by Crippen LogP contribution is -2.14. The van der Waals surface area contributed by atoms with Gasteiger partial charge in [-0.15, -0.1) is 0 Å². The number of rotatable bonds is 5. The highest BCUT2D eigenvalue weighted by atomic mass is 16.5. The Bertz CT molecular complexity index is 1240. The minimum Gasteiger partial charge on any atom is -0.497 e. The van der Waals surface area contributed by atoms with Crippen LogP contribution in [0.25, 0.3) is 21.8 Å². The summed E-state index contributed by atoms with van der Waals surface area (Å²) < 4.78 is 5.25. The molecule has 0 aliphatic carbocycles. The number of aromatic nitrogens is 2. The Morgan fingerprint density at radius 2 is 1.28 bits per heavy atom. The first-order valence-corrected chi connectivity index (χ1v) is 9.56. The molecule has 142 valence electrons. The fourth-order valence-corrected chi connectivity index (χ4v) is 4.04. The molecule has 0 saturated carbocycles. The third-order valence-corrected chi connectivity index (χ3v) is 5.50. The molecule has 0 spiro atoms. The minimum atomic E-state index is -0.421. The third kappa shape index (κ3) is 2.90. The second-order valence-electron chi connectivity index (χ2n) is 7.10. The number of benzene rings is 3. The molecule has 2 aromatic heterocycles. The topological polar surface area (TPSA) is 57.9 Å². The maximum absolute atomic E-state index is 13.8. The quantitative estimate of drug-likeness (QED) is 0.386. The van der Waals surface area contributed by atoms with Crippen LogP contribution in [0.1, 0.15) is 27.4 Å². The summed E-state index contributed by atoms with van der Waals surface area (Å²) in [7, 11) is 1.62. The van der Waals surface area contributed by atoms with E-state index in [9.17, 15) is 4.79 Å². The Labute approximate surface area is 168 Å². The summed E-state index contributed by atoms with van der Waals surface area (Å²) in [5, 5.41) is 2.12. The fourth-order valence-electron chi connectivity index (χ4n) is 4.04. The number of nitrogens with one attached hydrogen (secondary N) is 2. The SMILES string of the molecule is COc1ccc(C(=O)C(c2c[nH]c3ccccc23)c2c[nH]c3ccccc23)cc1. The smallest absolute Gasteiger partial charge is 0.174 e. The monoisotopic (exact) mass is 380 g/mol. The van der Waals surface area contributed by atoms with Crippen molar-refractivity contribution in [1.82, 2.24) is 9.97 Å². The molecular weight excluding hydrogens is 360 g/mol. The molecule has 0 radical (unpaired) electrons. The first-order valence-electron chi connectivity index (χ1n) is 9.56. The number of ether oxygens (including phenoxy) is 1. The van der Waals surface area contributed by atoms with E-state index >= 15 is 0 Å². The summed E-state index contributed by atoms with van der Waals surface area (Å²) in [5.41, 5.74) is 4.66. The molecule has 4 nitrogen and oxygen atoms in total. The number of hydrogen-bond acceptors (Lipinski definition) is 2.